The lowest BCUT2D eigenvalue weighted by atomic mass is 10.1. The number of hydrogen-bond donors (Lipinski definition) is 0. The van der Waals surface area contributed by atoms with E-state index in [9.17, 15) is 0 Å². The third kappa shape index (κ3) is 4.11. The molecule has 0 aliphatic heterocycles. The number of nitrogens with zero attached hydrogens (tertiary/aromatic N) is 4. The van der Waals surface area contributed by atoms with Gasteiger partial charge in [-0.05, 0) is 96.4 Å². The van der Waals surface area contributed by atoms with Gasteiger partial charge in [-0.2, -0.15) is 0 Å². The summed E-state index contributed by atoms with van der Waals surface area (Å²) in [7, 11) is 0. The van der Waals surface area contributed by atoms with Gasteiger partial charge in [0.25, 0.3) is 0 Å². The Bertz CT molecular complexity index is 1950. The highest BCUT2D eigenvalue weighted by Gasteiger charge is 2.19. The number of rotatable bonds is 5. The van der Waals surface area contributed by atoms with E-state index in [1.165, 1.54) is 21.9 Å². The van der Waals surface area contributed by atoms with Crippen LogP contribution < -0.4 is 4.90 Å². The average Bonchev–Trinajstić information content (AvgIpc) is 3.37. The molecule has 0 aliphatic carbocycles. The van der Waals surface area contributed by atoms with Gasteiger partial charge in [-0.25, -0.2) is 9.97 Å². The van der Waals surface area contributed by atoms with Crippen molar-refractivity contribution in [2.24, 2.45) is 0 Å². The maximum atomic E-state index is 5.05. The average molecular weight is 517 g/mol. The van der Waals surface area contributed by atoms with Crippen molar-refractivity contribution in [2.45, 2.75) is 13.8 Å². The molecule has 0 radical (unpaired) electrons. The van der Waals surface area contributed by atoms with Crippen molar-refractivity contribution in [3.8, 4) is 17.1 Å². The minimum atomic E-state index is 0.862. The molecule has 0 fully saturated rings. The van der Waals surface area contributed by atoms with Crippen LogP contribution in [0.3, 0.4) is 0 Å². The van der Waals surface area contributed by atoms with Crippen molar-refractivity contribution >= 4 is 39.0 Å². The predicted octanol–water partition coefficient (Wildman–Crippen LogP) is 9.33. The molecule has 4 heteroatoms. The Hall–Kier alpha value is -5.22. The highest BCUT2D eigenvalue weighted by molar-refractivity contribution is 5.89. The molecule has 7 rings (SSSR count). The lowest BCUT2D eigenvalue weighted by molar-refractivity contribution is 1.04. The number of benzene rings is 5. The molecule has 7 aromatic rings. The van der Waals surface area contributed by atoms with Crippen LogP contribution in [0, 0.1) is 13.8 Å². The summed E-state index contributed by atoms with van der Waals surface area (Å²) in [6.07, 6.45) is 1.84. The molecule has 0 bridgehead atoms. The van der Waals surface area contributed by atoms with E-state index in [0.717, 1.165) is 45.3 Å². The Morgan fingerprint density at radius 1 is 0.575 bits per heavy atom. The lowest BCUT2D eigenvalue weighted by Crippen LogP contribution is -2.10. The normalized spacial score (nSPS) is 11.2. The molecule has 0 spiro atoms. The molecule has 192 valence electrons. The quantitative estimate of drug-likeness (QED) is 0.229. The van der Waals surface area contributed by atoms with Crippen LogP contribution in [0.2, 0.25) is 0 Å². The van der Waals surface area contributed by atoms with E-state index >= 15 is 0 Å². The zero-order valence-electron chi connectivity index (χ0n) is 22.5. The summed E-state index contributed by atoms with van der Waals surface area (Å²) < 4.78 is 2.20. The third-order valence-corrected chi connectivity index (χ3v) is 7.47. The van der Waals surface area contributed by atoms with E-state index in [-0.39, 0.29) is 0 Å². The summed E-state index contributed by atoms with van der Waals surface area (Å²) in [6.45, 7) is 4.29. The van der Waals surface area contributed by atoms with E-state index in [1.54, 1.807) is 0 Å². The maximum absolute atomic E-state index is 5.05. The Kier molecular flexibility index (Phi) is 5.86. The Labute approximate surface area is 233 Å². The predicted molar refractivity (Wildman–Crippen MR) is 166 cm³/mol. The van der Waals surface area contributed by atoms with Gasteiger partial charge >= 0.3 is 0 Å². The first-order valence-corrected chi connectivity index (χ1v) is 13.5. The largest absolute Gasteiger partial charge is 0.310 e. The van der Waals surface area contributed by atoms with Crippen LogP contribution in [-0.2, 0) is 0 Å². The maximum Gasteiger partial charge on any atom is 0.164 e. The molecular weight excluding hydrogens is 488 g/mol. The zero-order chi connectivity index (χ0) is 27.1. The third-order valence-electron chi connectivity index (χ3n) is 7.47. The SMILES string of the molecule is Cc1cccc(C)c1-n1c(-c2ccc(N(c3ccccc3)c3ccc4ccccc4c3)cc2)nc2cccnc21. The smallest absolute Gasteiger partial charge is 0.164 e. The number of pyridine rings is 1. The molecule has 0 amide bonds. The standard InChI is InChI=1S/C36H28N4/c1-25-10-8-11-26(2)34(25)40-35(38-33-16-9-23-37-36(33)40)28-18-20-31(21-19-28)39(30-14-4-3-5-15-30)32-22-17-27-12-6-7-13-29(27)24-32/h3-24H,1-2H3. The Balaban J connectivity index is 1.37. The van der Waals surface area contributed by atoms with Gasteiger partial charge in [0.15, 0.2) is 5.65 Å². The van der Waals surface area contributed by atoms with Crippen LogP contribution in [0.15, 0.2) is 134 Å². The molecule has 2 aromatic heterocycles. The fourth-order valence-electron chi connectivity index (χ4n) is 5.58. The number of aromatic nitrogens is 3. The first-order valence-electron chi connectivity index (χ1n) is 13.5. The number of hydrogen-bond acceptors (Lipinski definition) is 3. The van der Waals surface area contributed by atoms with Gasteiger partial charge in [0, 0.05) is 28.8 Å². The number of aryl methyl sites for hydroxylation is 2. The van der Waals surface area contributed by atoms with Gasteiger partial charge < -0.3 is 4.90 Å². The fourth-order valence-corrected chi connectivity index (χ4v) is 5.58. The number of para-hydroxylation sites is 2. The summed E-state index contributed by atoms with van der Waals surface area (Å²) in [5.74, 6) is 0.884. The van der Waals surface area contributed by atoms with Crippen LogP contribution in [0.1, 0.15) is 11.1 Å². The fraction of sp³-hybridized carbons (Fsp3) is 0.0556. The minimum absolute atomic E-state index is 0.862. The molecule has 0 saturated heterocycles. The zero-order valence-corrected chi connectivity index (χ0v) is 22.5. The Morgan fingerprint density at radius 3 is 2.02 bits per heavy atom. The summed E-state index contributed by atoms with van der Waals surface area (Å²) in [5, 5.41) is 2.45. The van der Waals surface area contributed by atoms with Gasteiger partial charge in [-0.3, -0.25) is 4.57 Å². The van der Waals surface area contributed by atoms with Crippen LogP contribution in [0.25, 0.3) is 39.0 Å². The highest BCUT2D eigenvalue weighted by Crippen LogP contribution is 2.38. The number of anilines is 3. The topological polar surface area (TPSA) is 34.0 Å². The molecule has 0 aliphatic rings. The first kappa shape index (κ1) is 23.9. The summed E-state index contributed by atoms with van der Waals surface area (Å²) in [5.41, 5.74) is 9.59. The first-order chi connectivity index (χ1) is 19.7. The second-order valence-electron chi connectivity index (χ2n) is 10.1. The van der Waals surface area contributed by atoms with Gasteiger partial charge in [0.05, 0.1) is 5.69 Å². The monoisotopic (exact) mass is 516 g/mol. The van der Waals surface area contributed by atoms with Crippen molar-refractivity contribution in [2.75, 3.05) is 4.90 Å². The minimum Gasteiger partial charge on any atom is -0.310 e. The van der Waals surface area contributed by atoms with E-state index < -0.39 is 0 Å². The van der Waals surface area contributed by atoms with Crippen LogP contribution in [0.4, 0.5) is 17.1 Å². The Morgan fingerprint density at radius 2 is 1.25 bits per heavy atom. The van der Waals surface area contributed by atoms with Crippen molar-refractivity contribution in [3.63, 3.8) is 0 Å². The van der Waals surface area contributed by atoms with E-state index in [1.807, 2.05) is 18.3 Å². The van der Waals surface area contributed by atoms with Gasteiger partial charge in [0.2, 0.25) is 0 Å². The van der Waals surface area contributed by atoms with Crippen LogP contribution >= 0.6 is 0 Å². The van der Waals surface area contributed by atoms with Crippen molar-refractivity contribution in [1.29, 1.82) is 0 Å². The molecular formula is C36H28N4. The van der Waals surface area contributed by atoms with Gasteiger partial charge in [-0.15, -0.1) is 0 Å². The van der Waals surface area contributed by atoms with E-state index in [2.05, 4.69) is 139 Å². The molecule has 2 heterocycles. The second kappa shape index (κ2) is 9.83. The second-order valence-corrected chi connectivity index (χ2v) is 10.1. The summed E-state index contributed by atoms with van der Waals surface area (Å²) in [4.78, 5) is 12.1. The number of imidazole rings is 1. The van der Waals surface area contributed by atoms with Crippen LogP contribution in [-0.4, -0.2) is 14.5 Å². The van der Waals surface area contributed by atoms with Crippen molar-refractivity contribution in [1.82, 2.24) is 14.5 Å². The van der Waals surface area contributed by atoms with Crippen LogP contribution in [0.5, 0.6) is 0 Å². The molecule has 0 unspecified atom stereocenters. The van der Waals surface area contributed by atoms with E-state index in [0.29, 0.717) is 0 Å². The highest BCUT2D eigenvalue weighted by atomic mass is 15.1. The molecule has 0 atom stereocenters. The van der Waals surface area contributed by atoms with Crippen molar-refractivity contribution < 1.29 is 0 Å². The molecule has 0 saturated carbocycles. The molecule has 5 aromatic carbocycles. The molecule has 0 N–H and O–H groups in total. The number of fused-ring (bicyclic) bond motifs is 2. The summed E-state index contributed by atoms with van der Waals surface area (Å²) in [6, 6.07) is 44.7. The lowest BCUT2D eigenvalue weighted by Gasteiger charge is -2.26. The summed E-state index contributed by atoms with van der Waals surface area (Å²) >= 11 is 0. The van der Waals surface area contributed by atoms with Gasteiger partial charge in [0.1, 0.15) is 11.3 Å². The van der Waals surface area contributed by atoms with Crippen molar-refractivity contribution in [3.05, 3.63) is 145 Å². The molecule has 4 nitrogen and oxygen atoms in total. The van der Waals surface area contributed by atoms with E-state index in [4.69, 9.17) is 9.97 Å². The molecule has 40 heavy (non-hydrogen) atoms. The van der Waals surface area contributed by atoms with Gasteiger partial charge in [-0.1, -0.05) is 66.7 Å².